The highest BCUT2D eigenvalue weighted by atomic mass is 32.1. The SMILES string of the molecule is CCc1ccc(-c2nc(NC(=O)c3ccncc3)sc2CC(=O)O)cc1. The third-order valence-corrected chi connectivity index (χ3v) is 4.78. The lowest BCUT2D eigenvalue weighted by Crippen LogP contribution is -2.11. The topological polar surface area (TPSA) is 92.2 Å². The van der Waals surface area contributed by atoms with Crippen LogP contribution in [0.2, 0.25) is 0 Å². The van der Waals surface area contributed by atoms with Crippen molar-refractivity contribution in [1.29, 1.82) is 0 Å². The average molecular weight is 367 g/mol. The zero-order chi connectivity index (χ0) is 18.5. The molecule has 1 aromatic carbocycles. The van der Waals surface area contributed by atoms with E-state index in [9.17, 15) is 14.7 Å². The second kappa shape index (κ2) is 7.88. The largest absolute Gasteiger partial charge is 0.481 e. The van der Waals surface area contributed by atoms with E-state index in [-0.39, 0.29) is 12.3 Å². The molecule has 0 bridgehead atoms. The zero-order valence-electron chi connectivity index (χ0n) is 14.1. The quantitative estimate of drug-likeness (QED) is 0.694. The highest BCUT2D eigenvalue weighted by molar-refractivity contribution is 7.16. The summed E-state index contributed by atoms with van der Waals surface area (Å²) in [5.41, 5.74) is 3.07. The Kier molecular flexibility index (Phi) is 5.38. The molecule has 7 heteroatoms. The lowest BCUT2D eigenvalue weighted by molar-refractivity contribution is -0.136. The van der Waals surface area contributed by atoms with Crippen LogP contribution in [0.15, 0.2) is 48.8 Å². The first-order valence-corrected chi connectivity index (χ1v) is 8.90. The minimum atomic E-state index is -0.938. The molecule has 0 aliphatic heterocycles. The molecule has 6 nitrogen and oxygen atoms in total. The molecule has 0 fully saturated rings. The van der Waals surface area contributed by atoms with Gasteiger partial charge in [0.25, 0.3) is 5.91 Å². The number of rotatable bonds is 6. The number of carbonyl (C=O) groups is 2. The summed E-state index contributed by atoms with van der Waals surface area (Å²) in [6, 6.07) is 11.0. The van der Waals surface area contributed by atoms with Crippen LogP contribution in [-0.2, 0) is 17.6 Å². The van der Waals surface area contributed by atoms with Crippen LogP contribution in [0.1, 0.15) is 27.7 Å². The fourth-order valence-electron chi connectivity index (χ4n) is 2.46. The normalized spacial score (nSPS) is 10.5. The summed E-state index contributed by atoms with van der Waals surface area (Å²) in [7, 11) is 0. The first kappa shape index (κ1) is 17.8. The molecule has 0 spiro atoms. The molecule has 1 amide bonds. The monoisotopic (exact) mass is 367 g/mol. The molecule has 2 N–H and O–H groups in total. The van der Waals surface area contributed by atoms with Gasteiger partial charge >= 0.3 is 5.97 Å². The molecule has 3 rings (SSSR count). The maximum Gasteiger partial charge on any atom is 0.308 e. The van der Waals surface area contributed by atoms with Gasteiger partial charge in [0.15, 0.2) is 5.13 Å². The Morgan fingerprint density at radius 3 is 2.42 bits per heavy atom. The van der Waals surface area contributed by atoms with Crippen molar-refractivity contribution in [2.45, 2.75) is 19.8 Å². The van der Waals surface area contributed by atoms with Crippen molar-refractivity contribution in [2.75, 3.05) is 5.32 Å². The van der Waals surface area contributed by atoms with Crippen molar-refractivity contribution >= 4 is 28.3 Å². The fourth-order valence-corrected chi connectivity index (χ4v) is 3.43. The molecule has 0 unspecified atom stereocenters. The van der Waals surface area contributed by atoms with Crippen molar-refractivity contribution in [2.24, 2.45) is 0 Å². The smallest absolute Gasteiger partial charge is 0.308 e. The highest BCUT2D eigenvalue weighted by Gasteiger charge is 2.17. The molecule has 26 heavy (non-hydrogen) atoms. The van der Waals surface area contributed by atoms with Gasteiger partial charge in [-0.25, -0.2) is 4.98 Å². The lowest BCUT2D eigenvalue weighted by Gasteiger charge is -2.02. The van der Waals surface area contributed by atoms with Crippen LogP contribution < -0.4 is 5.32 Å². The molecule has 0 radical (unpaired) electrons. The molecule has 0 saturated carbocycles. The maximum atomic E-state index is 12.3. The first-order chi connectivity index (χ1) is 12.6. The number of benzene rings is 1. The van der Waals surface area contributed by atoms with Crippen molar-refractivity contribution < 1.29 is 14.7 Å². The summed E-state index contributed by atoms with van der Waals surface area (Å²) >= 11 is 1.18. The van der Waals surface area contributed by atoms with E-state index in [0.717, 1.165) is 12.0 Å². The van der Waals surface area contributed by atoms with Crippen LogP contribution in [0.4, 0.5) is 5.13 Å². The van der Waals surface area contributed by atoms with Crippen LogP contribution in [-0.4, -0.2) is 27.0 Å². The molecule has 0 aliphatic carbocycles. The summed E-state index contributed by atoms with van der Waals surface area (Å²) in [5.74, 6) is -1.25. The van der Waals surface area contributed by atoms with Gasteiger partial charge in [-0.15, -0.1) is 11.3 Å². The number of nitrogens with zero attached hydrogens (tertiary/aromatic N) is 2. The van der Waals surface area contributed by atoms with E-state index < -0.39 is 5.97 Å². The van der Waals surface area contributed by atoms with Crippen molar-refractivity contribution in [1.82, 2.24) is 9.97 Å². The van der Waals surface area contributed by atoms with Crippen LogP contribution in [0.25, 0.3) is 11.3 Å². The van der Waals surface area contributed by atoms with E-state index in [1.807, 2.05) is 24.3 Å². The Morgan fingerprint density at radius 1 is 1.12 bits per heavy atom. The molecule has 132 valence electrons. The van der Waals surface area contributed by atoms with Gasteiger partial charge in [-0.2, -0.15) is 0 Å². The van der Waals surface area contributed by atoms with Gasteiger partial charge < -0.3 is 5.11 Å². The molecule has 0 saturated heterocycles. The van der Waals surface area contributed by atoms with Crippen molar-refractivity contribution in [3.05, 3.63) is 64.8 Å². The lowest BCUT2D eigenvalue weighted by atomic mass is 10.1. The number of thiazole rings is 1. The predicted molar refractivity (Wildman–Crippen MR) is 100 cm³/mol. The molecule has 2 heterocycles. The fraction of sp³-hybridized carbons (Fsp3) is 0.158. The number of carboxylic acids is 1. The maximum absolute atomic E-state index is 12.3. The number of hydrogen-bond donors (Lipinski definition) is 2. The Morgan fingerprint density at radius 2 is 1.81 bits per heavy atom. The van der Waals surface area contributed by atoms with E-state index in [0.29, 0.717) is 21.3 Å². The number of pyridine rings is 1. The molecular weight excluding hydrogens is 350 g/mol. The zero-order valence-corrected chi connectivity index (χ0v) is 14.9. The van der Waals surface area contributed by atoms with Crippen LogP contribution in [0.3, 0.4) is 0 Å². The Balaban J connectivity index is 1.91. The first-order valence-electron chi connectivity index (χ1n) is 8.09. The second-order valence-electron chi connectivity index (χ2n) is 5.60. The van der Waals surface area contributed by atoms with Crippen LogP contribution in [0, 0.1) is 0 Å². The number of anilines is 1. The summed E-state index contributed by atoms with van der Waals surface area (Å²) < 4.78 is 0. The van der Waals surface area contributed by atoms with Crippen molar-refractivity contribution in [3.8, 4) is 11.3 Å². The number of carbonyl (C=O) groups excluding carboxylic acids is 1. The summed E-state index contributed by atoms with van der Waals surface area (Å²) in [5, 5.41) is 12.3. The number of aromatic nitrogens is 2. The van der Waals surface area contributed by atoms with Crippen LogP contribution >= 0.6 is 11.3 Å². The molecule has 0 aliphatic rings. The Labute approximate surface area is 154 Å². The summed E-state index contributed by atoms with van der Waals surface area (Å²) in [6.45, 7) is 2.07. The number of aliphatic carboxylic acids is 1. The number of aryl methyl sites for hydroxylation is 1. The third-order valence-electron chi connectivity index (χ3n) is 3.81. The number of carboxylic acid groups (broad SMARTS) is 1. The van der Waals surface area contributed by atoms with Gasteiger partial charge in [-0.1, -0.05) is 31.2 Å². The predicted octanol–water partition coefficient (Wildman–Crippen LogP) is 3.65. The molecular formula is C19H17N3O3S. The summed E-state index contributed by atoms with van der Waals surface area (Å²) in [4.78, 5) is 32.4. The number of amides is 1. The van der Waals surface area contributed by atoms with Gasteiger partial charge in [-0.3, -0.25) is 19.9 Å². The average Bonchev–Trinajstić information content (AvgIpc) is 3.04. The molecule has 0 atom stereocenters. The van der Waals surface area contributed by atoms with E-state index >= 15 is 0 Å². The van der Waals surface area contributed by atoms with E-state index in [1.54, 1.807) is 12.1 Å². The van der Waals surface area contributed by atoms with E-state index in [4.69, 9.17) is 0 Å². The second-order valence-corrected chi connectivity index (χ2v) is 6.69. The molecule has 2 aromatic heterocycles. The van der Waals surface area contributed by atoms with E-state index in [1.165, 1.54) is 29.3 Å². The Hall–Kier alpha value is -3.06. The minimum Gasteiger partial charge on any atom is -0.481 e. The number of hydrogen-bond acceptors (Lipinski definition) is 5. The number of nitrogens with one attached hydrogen (secondary N) is 1. The van der Waals surface area contributed by atoms with E-state index in [2.05, 4.69) is 22.2 Å². The molecule has 3 aromatic rings. The third kappa shape index (κ3) is 4.12. The van der Waals surface area contributed by atoms with Crippen LogP contribution in [0.5, 0.6) is 0 Å². The summed E-state index contributed by atoms with van der Waals surface area (Å²) in [6.07, 6.45) is 3.85. The van der Waals surface area contributed by atoms with Gasteiger partial charge in [0.05, 0.1) is 12.1 Å². The standard InChI is InChI=1S/C19H17N3O3S/c1-2-12-3-5-13(6-4-12)17-15(11-16(23)24)26-19(21-17)22-18(25)14-7-9-20-10-8-14/h3-10H,2,11H2,1H3,(H,23,24)(H,21,22,25). The van der Waals surface area contributed by atoms with Gasteiger partial charge in [0.1, 0.15) is 0 Å². The van der Waals surface area contributed by atoms with Crippen molar-refractivity contribution in [3.63, 3.8) is 0 Å². The van der Waals surface area contributed by atoms with Gasteiger partial charge in [0, 0.05) is 28.4 Å². The Bertz CT molecular complexity index is 921. The van der Waals surface area contributed by atoms with Gasteiger partial charge in [0.2, 0.25) is 0 Å². The minimum absolute atomic E-state index is 0.145. The van der Waals surface area contributed by atoms with Gasteiger partial charge in [-0.05, 0) is 24.1 Å². The highest BCUT2D eigenvalue weighted by Crippen LogP contribution is 2.32.